The first-order valence-corrected chi connectivity index (χ1v) is 5.51. The summed E-state index contributed by atoms with van der Waals surface area (Å²) >= 11 is 0. The van der Waals surface area contributed by atoms with Crippen molar-refractivity contribution in [1.29, 1.82) is 0 Å². The summed E-state index contributed by atoms with van der Waals surface area (Å²) in [4.78, 5) is 0. The molecule has 1 heterocycles. The Morgan fingerprint density at radius 3 is 2.71 bits per heavy atom. The van der Waals surface area contributed by atoms with Crippen LogP contribution in [0.2, 0.25) is 0 Å². The van der Waals surface area contributed by atoms with E-state index >= 15 is 0 Å². The van der Waals surface area contributed by atoms with Gasteiger partial charge in [-0.15, -0.1) is 0 Å². The van der Waals surface area contributed by atoms with Crippen molar-refractivity contribution in [3.63, 3.8) is 0 Å². The molecule has 3 rings (SSSR count). The van der Waals surface area contributed by atoms with E-state index in [-0.39, 0.29) is 5.75 Å². The van der Waals surface area contributed by atoms with Gasteiger partial charge in [-0.05, 0) is 17.7 Å². The summed E-state index contributed by atoms with van der Waals surface area (Å²) in [6.07, 6.45) is 1.99. The van der Waals surface area contributed by atoms with Crippen molar-refractivity contribution in [2.75, 3.05) is 0 Å². The molecule has 1 aromatic heterocycles. The number of hydrogen-bond acceptors (Lipinski definition) is 2. The number of phenolic OH excluding ortho intramolecular Hbond substituents is 1. The fraction of sp³-hybridized carbons (Fsp3) is 0.0714. The Morgan fingerprint density at radius 1 is 1.06 bits per heavy atom. The minimum Gasteiger partial charge on any atom is -0.508 e. The van der Waals surface area contributed by atoms with Gasteiger partial charge in [-0.25, -0.2) is 0 Å². The van der Waals surface area contributed by atoms with E-state index < -0.39 is 0 Å². The van der Waals surface area contributed by atoms with Crippen molar-refractivity contribution in [2.24, 2.45) is 0 Å². The van der Waals surface area contributed by atoms with Gasteiger partial charge in [-0.2, -0.15) is 5.10 Å². The van der Waals surface area contributed by atoms with Crippen molar-refractivity contribution < 1.29 is 5.11 Å². The first-order chi connectivity index (χ1) is 8.31. The van der Waals surface area contributed by atoms with Crippen LogP contribution in [-0.2, 0) is 6.54 Å². The molecule has 0 aliphatic carbocycles. The third kappa shape index (κ3) is 1.99. The maximum absolute atomic E-state index is 9.38. The highest BCUT2D eigenvalue weighted by Crippen LogP contribution is 2.18. The highest BCUT2D eigenvalue weighted by atomic mass is 16.3. The quantitative estimate of drug-likeness (QED) is 0.726. The molecule has 3 heteroatoms. The zero-order valence-electron chi connectivity index (χ0n) is 9.24. The van der Waals surface area contributed by atoms with Gasteiger partial charge in [0.05, 0.1) is 12.1 Å². The molecule has 0 aliphatic rings. The van der Waals surface area contributed by atoms with Crippen LogP contribution in [0.4, 0.5) is 0 Å². The number of nitrogens with zero attached hydrogens (tertiary/aromatic N) is 2. The highest BCUT2D eigenvalue weighted by molar-refractivity contribution is 5.79. The van der Waals surface area contributed by atoms with Crippen molar-refractivity contribution in [2.45, 2.75) is 6.54 Å². The molecule has 3 aromatic rings. The number of aromatic nitrogens is 2. The molecule has 0 saturated heterocycles. The Labute approximate surface area is 98.9 Å². The number of phenols is 1. The molecule has 0 saturated carbocycles. The Kier molecular flexibility index (Phi) is 2.29. The number of rotatable bonds is 2. The number of hydrogen-bond donors (Lipinski definition) is 1. The summed E-state index contributed by atoms with van der Waals surface area (Å²) in [5.74, 6) is 0.252. The van der Waals surface area contributed by atoms with Crippen molar-refractivity contribution in [3.8, 4) is 5.75 Å². The van der Waals surface area contributed by atoms with Gasteiger partial charge in [0, 0.05) is 17.6 Å². The van der Waals surface area contributed by atoms with Crippen LogP contribution in [0.3, 0.4) is 0 Å². The van der Waals surface area contributed by atoms with Crippen LogP contribution in [0.1, 0.15) is 5.56 Å². The molecule has 0 bridgehead atoms. The minimum absolute atomic E-state index is 0.252. The van der Waals surface area contributed by atoms with Gasteiger partial charge in [0.15, 0.2) is 0 Å². The molecule has 0 aliphatic heterocycles. The SMILES string of the molecule is Oc1ccc2cn(Cc3ccccc3)nc2c1. The zero-order valence-corrected chi connectivity index (χ0v) is 9.24. The van der Waals surface area contributed by atoms with Gasteiger partial charge in [-0.1, -0.05) is 30.3 Å². The normalized spacial score (nSPS) is 10.8. The van der Waals surface area contributed by atoms with E-state index in [1.807, 2.05) is 35.1 Å². The average molecular weight is 224 g/mol. The van der Waals surface area contributed by atoms with Crippen LogP contribution in [-0.4, -0.2) is 14.9 Å². The standard InChI is InChI=1S/C14H12N2O/c17-13-7-6-12-10-16(15-14(12)8-13)9-11-4-2-1-3-5-11/h1-8,10,17H,9H2. The average Bonchev–Trinajstić information content (AvgIpc) is 2.71. The fourth-order valence-electron chi connectivity index (χ4n) is 1.91. The van der Waals surface area contributed by atoms with Crippen molar-refractivity contribution >= 4 is 10.9 Å². The van der Waals surface area contributed by atoms with Crippen molar-refractivity contribution in [1.82, 2.24) is 9.78 Å². The Bertz CT molecular complexity index is 644. The lowest BCUT2D eigenvalue weighted by Crippen LogP contribution is -1.99. The first kappa shape index (κ1) is 9.90. The Hall–Kier alpha value is -2.29. The molecular formula is C14H12N2O. The molecule has 0 unspecified atom stereocenters. The molecule has 0 atom stereocenters. The first-order valence-electron chi connectivity index (χ1n) is 5.51. The van der Waals surface area contributed by atoms with E-state index in [1.54, 1.807) is 12.1 Å². The maximum Gasteiger partial charge on any atom is 0.117 e. The van der Waals surface area contributed by atoms with Crippen LogP contribution < -0.4 is 0 Å². The van der Waals surface area contributed by atoms with Gasteiger partial charge >= 0.3 is 0 Å². The Balaban J connectivity index is 1.96. The van der Waals surface area contributed by atoms with Crippen LogP contribution >= 0.6 is 0 Å². The third-order valence-electron chi connectivity index (χ3n) is 2.73. The zero-order chi connectivity index (χ0) is 11.7. The van der Waals surface area contributed by atoms with Gasteiger partial charge in [0.2, 0.25) is 0 Å². The predicted molar refractivity (Wildman–Crippen MR) is 66.9 cm³/mol. The van der Waals surface area contributed by atoms with Crippen molar-refractivity contribution in [3.05, 3.63) is 60.3 Å². The lowest BCUT2D eigenvalue weighted by molar-refractivity contribution is 0.476. The predicted octanol–water partition coefficient (Wildman–Crippen LogP) is 2.79. The maximum atomic E-state index is 9.38. The summed E-state index contributed by atoms with van der Waals surface area (Å²) in [5.41, 5.74) is 2.03. The van der Waals surface area contributed by atoms with Gasteiger partial charge in [-0.3, -0.25) is 4.68 Å². The minimum atomic E-state index is 0.252. The van der Waals surface area contributed by atoms with E-state index in [9.17, 15) is 5.11 Å². The topological polar surface area (TPSA) is 38.0 Å². The van der Waals surface area contributed by atoms with Gasteiger partial charge in [0.1, 0.15) is 5.75 Å². The molecule has 1 N–H and O–H groups in total. The van der Waals surface area contributed by atoms with E-state index in [2.05, 4.69) is 17.2 Å². The second-order valence-electron chi connectivity index (χ2n) is 4.06. The second-order valence-corrected chi connectivity index (χ2v) is 4.06. The van der Waals surface area contributed by atoms with Crippen LogP contribution in [0, 0.1) is 0 Å². The third-order valence-corrected chi connectivity index (χ3v) is 2.73. The van der Waals surface area contributed by atoms with Gasteiger partial charge < -0.3 is 5.11 Å². The second kappa shape index (κ2) is 3.94. The monoisotopic (exact) mass is 224 g/mol. The van der Waals surface area contributed by atoms with E-state index in [1.165, 1.54) is 5.56 Å². The molecule has 17 heavy (non-hydrogen) atoms. The summed E-state index contributed by atoms with van der Waals surface area (Å²) in [6, 6.07) is 15.4. The van der Waals surface area contributed by atoms with E-state index in [0.29, 0.717) is 0 Å². The lowest BCUT2D eigenvalue weighted by Gasteiger charge is -2.00. The molecule has 3 nitrogen and oxygen atoms in total. The molecule has 0 spiro atoms. The molecule has 0 amide bonds. The van der Waals surface area contributed by atoms with E-state index in [4.69, 9.17) is 0 Å². The molecular weight excluding hydrogens is 212 g/mol. The smallest absolute Gasteiger partial charge is 0.117 e. The van der Waals surface area contributed by atoms with Gasteiger partial charge in [0.25, 0.3) is 0 Å². The van der Waals surface area contributed by atoms with Crippen LogP contribution in [0.5, 0.6) is 5.75 Å². The number of benzene rings is 2. The molecule has 0 fully saturated rings. The van der Waals surface area contributed by atoms with E-state index in [0.717, 1.165) is 17.4 Å². The molecule has 2 aromatic carbocycles. The number of aromatic hydroxyl groups is 1. The van der Waals surface area contributed by atoms with Crippen LogP contribution in [0.25, 0.3) is 10.9 Å². The highest BCUT2D eigenvalue weighted by Gasteiger charge is 2.01. The van der Waals surface area contributed by atoms with Crippen LogP contribution in [0.15, 0.2) is 54.7 Å². The summed E-state index contributed by atoms with van der Waals surface area (Å²) in [6.45, 7) is 0.746. The largest absolute Gasteiger partial charge is 0.508 e. The summed E-state index contributed by atoms with van der Waals surface area (Å²) in [5, 5.41) is 14.8. The molecule has 84 valence electrons. The number of fused-ring (bicyclic) bond motifs is 1. The fourth-order valence-corrected chi connectivity index (χ4v) is 1.91. The summed E-state index contributed by atoms with van der Waals surface area (Å²) in [7, 11) is 0. The Morgan fingerprint density at radius 2 is 1.88 bits per heavy atom. The summed E-state index contributed by atoms with van der Waals surface area (Å²) < 4.78 is 1.89. The molecule has 0 radical (unpaired) electrons. The lowest BCUT2D eigenvalue weighted by atomic mass is 10.2.